The highest BCUT2D eigenvalue weighted by molar-refractivity contribution is 5.84. The van der Waals surface area contributed by atoms with E-state index >= 15 is 0 Å². The van der Waals surface area contributed by atoms with Crippen molar-refractivity contribution >= 4 is 11.6 Å². The molecule has 0 saturated carbocycles. The quantitative estimate of drug-likeness (QED) is 0.600. The molecule has 0 aromatic heterocycles. The van der Waals surface area contributed by atoms with Gasteiger partial charge in [0.2, 0.25) is 0 Å². The molecule has 0 aliphatic carbocycles. The van der Waals surface area contributed by atoms with Crippen LogP contribution in [0.15, 0.2) is 0 Å². The van der Waals surface area contributed by atoms with Crippen molar-refractivity contribution in [1.82, 2.24) is 0 Å². The molecule has 0 radical (unpaired) electrons. The minimum atomic E-state index is -0.0711. The molecule has 3 nitrogen and oxygen atoms in total. The van der Waals surface area contributed by atoms with Crippen LogP contribution in [0.3, 0.4) is 0 Å². The molecule has 0 saturated heterocycles. The number of ether oxygens (including phenoxy) is 1. The Morgan fingerprint density at radius 2 is 1.83 bits per heavy atom. The number of hydrogen-bond donors (Lipinski definition) is 0. The van der Waals surface area contributed by atoms with Crippen LogP contribution in [-0.2, 0) is 14.3 Å². The van der Waals surface area contributed by atoms with Crippen molar-refractivity contribution in [2.45, 2.75) is 71.8 Å². The molecule has 0 aromatic rings. The number of carbonyl (C=O) groups is 2. The first kappa shape index (κ1) is 17.3. The van der Waals surface area contributed by atoms with Gasteiger partial charge in [0.05, 0.1) is 5.60 Å². The summed E-state index contributed by atoms with van der Waals surface area (Å²) in [7, 11) is 1.73. The van der Waals surface area contributed by atoms with E-state index in [4.69, 9.17) is 4.74 Å². The van der Waals surface area contributed by atoms with Gasteiger partial charge in [0.15, 0.2) is 0 Å². The first-order valence-corrected chi connectivity index (χ1v) is 6.83. The van der Waals surface area contributed by atoms with Crippen molar-refractivity contribution in [3.05, 3.63) is 0 Å². The van der Waals surface area contributed by atoms with Crippen LogP contribution in [0.5, 0.6) is 0 Å². The van der Waals surface area contributed by atoms with E-state index in [1.165, 1.54) is 6.92 Å². The highest BCUT2D eigenvalue weighted by Gasteiger charge is 2.17. The summed E-state index contributed by atoms with van der Waals surface area (Å²) in [5, 5.41) is 0. The second-order valence-electron chi connectivity index (χ2n) is 5.91. The van der Waals surface area contributed by atoms with E-state index in [1.807, 2.05) is 0 Å². The molecule has 0 bridgehead atoms. The number of Topliss-reactive ketones (excluding diaryl/α,β-unsaturated/α-hetero) is 2. The average Bonchev–Trinajstić information content (AvgIpc) is 2.26. The van der Waals surface area contributed by atoms with Gasteiger partial charge in [-0.05, 0) is 33.1 Å². The standard InChI is InChI=1S/C15H28O3/c1-12(7-6-10-15(3,4)18-5)11-14(17)9-8-13(2)16/h12H,6-11H2,1-5H3. The summed E-state index contributed by atoms with van der Waals surface area (Å²) < 4.78 is 5.36. The topological polar surface area (TPSA) is 43.4 Å². The Labute approximate surface area is 111 Å². The lowest BCUT2D eigenvalue weighted by atomic mass is 9.93. The molecule has 3 heteroatoms. The van der Waals surface area contributed by atoms with E-state index in [0.29, 0.717) is 25.2 Å². The van der Waals surface area contributed by atoms with Crippen LogP contribution < -0.4 is 0 Å². The fourth-order valence-corrected chi connectivity index (χ4v) is 1.89. The highest BCUT2D eigenvalue weighted by atomic mass is 16.5. The van der Waals surface area contributed by atoms with E-state index in [9.17, 15) is 9.59 Å². The van der Waals surface area contributed by atoms with Crippen molar-refractivity contribution in [3.63, 3.8) is 0 Å². The zero-order valence-corrected chi connectivity index (χ0v) is 12.5. The summed E-state index contributed by atoms with van der Waals surface area (Å²) in [6, 6.07) is 0. The molecule has 0 aromatic carbocycles. The van der Waals surface area contributed by atoms with Crippen molar-refractivity contribution in [2.75, 3.05) is 7.11 Å². The summed E-state index contributed by atoms with van der Waals surface area (Å²) >= 11 is 0. The Morgan fingerprint density at radius 1 is 1.22 bits per heavy atom. The summed E-state index contributed by atoms with van der Waals surface area (Å²) in [5.74, 6) is 0.707. The largest absolute Gasteiger partial charge is 0.379 e. The molecule has 0 N–H and O–H groups in total. The summed E-state index contributed by atoms with van der Waals surface area (Å²) in [4.78, 5) is 22.4. The summed E-state index contributed by atoms with van der Waals surface area (Å²) in [5.41, 5.74) is -0.0711. The maximum absolute atomic E-state index is 11.6. The average molecular weight is 256 g/mol. The molecule has 1 unspecified atom stereocenters. The van der Waals surface area contributed by atoms with E-state index in [2.05, 4.69) is 20.8 Å². The van der Waals surface area contributed by atoms with Gasteiger partial charge in [-0.3, -0.25) is 4.79 Å². The molecule has 0 spiro atoms. The number of rotatable bonds is 10. The highest BCUT2D eigenvalue weighted by Crippen LogP contribution is 2.20. The fraction of sp³-hybridized carbons (Fsp3) is 0.867. The van der Waals surface area contributed by atoms with Crippen LogP contribution in [0.1, 0.15) is 66.2 Å². The smallest absolute Gasteiger partial charge is 0.133 e. The minimum absolute atomic E-state index is 0.0711. The normalized spacial score (nSPS) is 13.4. The van der Waals surface area contributed by atoms with Gasteiger partial charge in [-0.1, -0.05) is 19.8 Å². The molecule has 18 heavy (non-hydrogen) atoms. The van der Waals surface area contributed by atoms with Crippen LogP contribution in [0.4, 0.5) is 0 Å². The number of ketones is 2. The first-order valence-electron chi connectivity index (χ1n) is 6.83. The van der Waals surface area contributed by atoms with Crippen LogP contribution in [0.2, 0.25) is 0 Å². The van der Waals surface area contributed by atoms with Crippen LogP contribution in [0.25, 0.3) is 0 Å². The lowest BCUT2D eigenvalue weighted by Crippen LogP contribution is -2.22. The van der Waals surface area contributed by atoms with Gasteiger partial charge in [-0.2, -0.15) is 0 Å². The molecule has 0 rings (SSSR count). The van der Waals surface area contributed by atoms with Crippen molar-refractivity contribution in [3.8, 4) is 0 Å². The van der Waals surface area contributed by atoms with Gasteiger partial charge >= 0.3 is 0 Å². The van der Waals surface area contributed by atoms with Gasteiger partial charge in [0, 0.05) is 26.4 Å². The SMILES string of the molecule is COC(C)(C)CCCC(C)CC(=O)CCC(C)=O. The zero-order chi connectivity index (χ0) is 14.2. The summed E-state index contributed by atoms with van der Waals surface area (Å²) in [6.07, 6.45) is 4.52. The summed E-state index contributed by atoms with van der Waals surface area (Å²) in [6.45, 7) is 7.79. The Kier molecular flexibility index (Phi) is 8.08. The lowest BCUT2D eigenvalue weighted by molar-refractivity contribution is -0.123. The second kappa shape index (κ2) is 8.41. The first-order chi connectivity index (χ1) is 8.26. The van der Waals surface area contributed by atoms with Crippen LogP contribution in [-0.4, -0.2) is 24.3 Å². The third-order valence-corrected chi connectivity index (χ3v) is 3.36. The lowest BCUT2D eigenvalue weighted by Gasteiger charge is -2.23. The number of hydrogen-bond acceptors (Lipinski definition) is 3. The molecule has 0 heterocycles. The maximum Gasteiger partial charge on any atom is 0.133 e. The zero-order valence-electron chi connectivity index (χ0n) is 12.5. The third-order valence-electron chi connectivity index (χ3n) is 3.36. The van der Waals surface area contributed by atoms with Gasteiger partial charge in [-0.25, -0.2) is 0 Å². The van der Waals surface area contributed by atoms with Crippen LogP contribution in [0, 0.1) is 5.92 Å². The van der Waals surface area contributed by atoms with Crippen molar-refractivity contribution < 1.29 is 14.3 Å². The Morgan fingerprint density at radius 3 is 2.33 bits per heavy atom. The Balaban J connectivity index is 3.74. The van der Waals surface area contributed by atoms with E-state index in [0.717, 1.165) is 19.3 Å². The van der Waals surface area contributed by atoms with Crippen molar-refractivity contribution in [1.29, 1.82) is 0 Å². The minimum Gasteiger partial charge on any atom is -0.379 e. The predicted octanol–water partition coefficient (Wildman–Crippen LogP) is 3.55. The molecular weight excluding hydrogens is 228 g/mol. The Bertz CT molecular complexity index is 269. The molecule has 1 atom stereocenters. The molecule has 0 aliphatic heterocycles. The van der Waals surface area contributed by atoms with Gasteiger partial charge in [0.1, 0.15) is 11.6 Å². The van der Waals surface area contributed by atoms with Crippen LogP contribution >= 0.6 is 0 Å². The van der Waals surface area contributed by atoms with E-state index < -0.39 is 0 Å². The van der Waals surface area contributed by atoms with E-state index in [1.54, 1.807) is 7.11 Å². The van der Waals surface area contributed by atoms with Gasteiger partial charge in [0.25, 0.3) is 0 Å². The number of methoxy groups -OCH3 is 1. The predicted molar refractivity (Wildman–Crippen MR) is 73.6 cm³/mol. The maximum atomic E-state index is 11.6. The molecule has 0 aliphatic rings. The molecule has 106 valence electrons. The number of carbonyl (C=O) groups excluding carboxylic acids is 2. The molecular formula is C15H28O3. The molecule has 0 fully saturated rings. The Hall–Kier alpha value is -0.700. The monoisotopic (exact) mass is 256 g/mol. The van der Waals surface area contributed by atoms with Crippen molar-refractivity contribution in [2.24, 2.45) is 5.92 Å². The fourth-order valence-electron chi connectivity index (χ4n) is 1.89. The molecule has 0 amide bonds. The van der Waals surface area contributed by atoms with Gasteiger partial charge < -0.3 is 9.53 Å². The van der Waals surface area contributed by atoms with E-state index in [-0.39, 0.29) is 17.2 Å². The third kappa shape index (κ3) is 9.34. The second-order valence-corrected chi connectivity index (χ2v) is 5.91. The van der Waals surface area contributed by atoms with Gasteiger partial charge in [-0.15, -0.1) is 0 Å².